The molecule has 68 valence electrons. The van der Waals surface area contributed by atoms with Gasteiger partial charge in [-0.25, -0.2) is 0 Å². The maximum Gasteiger partial charge on any atom is 0.146 e. The number of ketones is 2. The second kappa shape index (κ2) is 4.50. The molecule has 3 nitrogen and oxygen atoms in total. The van der Waals surface area contributed by atoms with Crippen LogP contribution in [0.2, 0.25) is 0 Å². The van der Waals surface area contributed by atoms with Crippen LogP contribution in [0.1, 0.15) is 19.0 Å². The van der Waals surface area contributed by atoms with Crippen LogP contribution < -0.4 is 0 Å². The van der Waals surface area contributed by atoms with Crippen molar-refractivity contribution in [3.8, 4) is 0 Å². The fourth-order valence-corrected chi connectivity index (χ4v) is 1.04. The van der Waals surface area contributed by atoms with Crippen LogP contribution in [0.25, 0.3) is 0 Å². The molecule has 0 N–H and O–H groups in total. The first kappa shape index (κ1) is 9.58. The molecule has 0 aliphatic heterocycles. The van der Waals surface area contributed by atoms with Crippen molar-refractivity contribution in [1.29, 1.82) is 0 Å². The van der Waals surface area contributed by atoms with Crippen molar-refractivity contribution in [2.45, 2.75) is 19.8 Å². The van der Waals surface area contributed by atoms with Gasteiger partial charge in [0.25, 0.3) is 0 Å². The van der Waals surface area contributed by atoms with E-state index in [1.54, 1.807) is 18.3 Å². The fraction of sp³-hybridized carbons (Fsp3) is 0.300. The highest BCUT2D eigenvalue weighted by Gasteiger charge is 2.06. The standard InChI is InChI=1S/C10H11NO2/c1-8(12)6-10(13)7-9-4-2-3-5-11-9/h2-5H,6-7H2,1H3. The number of aromatic nitrogens is 1. The van der Waals surface area contributed by atoms with Crippen molar-refractivity contribution < 1.29 is 9.59 Å². The van der Waals surface area contributed by atoms with Crippen molar-refractivity contribution in [3.05, 3.63) is 30.1 Å². The Hall–Kier alpha value is -1.51. The first-order valence-electron chi connectivity index (χ1n) is 4.09. The van der Waals surface area contributed by atoms with Gasteiger partial charge in [-0.1, -0.05) is 6.07 Å². The fourth-order valence-electron chi connectivity index (χ4n) is 1.04. The van der Waals surface area contributed by atoms with E-state index in [-0.39, 0.29) is 24.4 Å². The average molecular weight is 177 g/mol. The van der Waals surface area contributed by atoms with Gasteiger partial charge in [-0.3, -0.25) is 14.6 Å². The smallest absolute Gasteiger partial charge is 0.146 e. The molecule has 0 aromatic carbocycles. The SMILES string of the molecule is CC(=O)CC(=O)Cc1ccccn1. The molecule has 0 unspecified atom stereocenters. The van der Waals surface area contributed by atoms with Crippen molar-refractivity contribution in [3.63, 3.8) is 0 Å². The van der Waals surface area contributed by atoms with E-state index >= 15 is 0 Å². The van der Waals surface area contributed by atoms with Gasteiger partial charge in [-0.15, -0.1) is 0 Å². The van der Waals surface area contributed by atoms with E-state index in [2.05, 4.69) is 4.98 Å². The number of carbonyl (C=O) groups is 2. The highest BCUT2D eigenvalue weighted by Crippen LogP contribution is 1.98. The molecule has 0 atom stereocenters. The average Bonchev–Trinajstić information content (AvgIpc) is 2.04. The van der Waals surface area contributed by atoms with Gasteiger partial charge in [-0.2, -0.15) is 0 Å². The normalized spacial score (nSPS) is 9.62. The number of Topliss-reactive ketones (excluding diaryl/α,β-unsaturated/α-hetero) is 2. The molecule has 0 spiro atoms. The molecule has 0 bridgehead atoms. The Balaban J connectivity index is 2.50. The molecule has 0 fully saturated rings. The minimum Gasteiger partial charge on any atom is -0.300 e. The van der Waals surface area contributed by atoms with E-state index in [0.717, 1.165) is 0 Å². The van der Waals surface area contributed by atoms with Crippen LogP contribution in [-0.4, -0.2) is 16.6 Å². The molecule has 1 rings (SSSR count). The van der Waals surface area contributed by atoms with Crippen LogP contribution in [0.3, 0.4) is 0 Å². The highest BCUT2D eigenvalue weighted by molar-refractivity contribution is 5.98. The molecular formula is C10H11NO2. The predicted molar refractivity (Wildman–Crippen MR) is 48.2 cm³/mol. The Morgan fingerprint density at radius 3 is 2.69 bits per heavy atom. The van der Waals surface area contributed by atoms with Crippen LogP contribution in [0, 0.1) is 0 Å². The number of hydrogen-bond donors (Lipinski definition) is 0. The third-order valence-electron chi connectivity index (χ3n) is 1.55. The molecule has 13 heavy (non-hydrogen) atoms. The summed E-state index contributed by atoms with van der Waals surface area (Å²) in [5, 5.41) is 0. The lowest BCUT2D eigenvalue weighted by Crippen LogP contribution is -2.08. The van der Waals surface area contributed by atoms with Crippen LogP contribution in [-0.2, 0) is 16.0 Å². The molecule has 0 aliphatic rings. The summed E-state index contributed by atoms with van der Waals surface area (Å²) in [4.78, 5) is 25.8. The Bertz CT molecular complexity index is 306. The zero-order chi connectivity index (χ0) is 9.68. The van der Waals surface area contributed by atoms with Crippen LogP contribution in [0.5, 0.6) is 0 Å². The summed E-state index contributed by atoms with van der Waals surface area (Å²) in [5.74, 6) is -0.174. The zero-order valence-corrected chi connectivity index (χ0v) is 7.49. The number of hydrogen-bond acceptors (Lipinski definition) is 3. The monoisotopic (exact) mass is 177 g/mol. The minimum absolute atomic E-state index is 0.0105. The summed E-state index contributed by atoms with van der Waals surface area (Å²) in [5.41, 5.74) is 0.716. The summed E-state index contributed by atoms with van der Waals surface area (Å²) in [6.07, 6.45) is 1.90. The Morgan fingerprint density at radius 1 is 1.38 bits per heavy atom. The van der Waals surface area contributed by atoms with Crippen molar-refractivity contribution >= 4 is 11.6 Å². The Morgan fingerprint density at radius 2 is 2.15 bits per heavy atom. The maximum absolute atomic E-state index is 11.2. The molecule has 1 aromatic rings. The molecule has 1 heterocycles. The van der Waals surface area contributed by atoms with Gasteiger partial charge < -0.3 is 0 Å². The summed E-state index contributed by atoms with van der Waals surface area (Å²) >= 11 is 0. The second-order valence-corrected chi connectivity index (χ2v) is 2.92. The molecular weight excluding hydrogens is 166 g/mol. The topological polar surface area (TPSA) is 47.0 Å². The van der Waals surface area contributed by atoms with E-state index in [0.29, 0.717) is 5.69 Å². The third-order valence-corrected chi connectivity index (χ3v) is 1.55. The van der Waals surface area contributed by atoms with Gasteiger partial charge in [0.1, 0.15) is 11.6 Å². The molecule has 0 saturated heterocycles. The van der Waals surface area contributed by atoms with E-state index in [1.807, 2.05) is 6.07 Å². The predicted octanol–water partition coefficient (Wildman–Crippen LogP) is 1.17. The summed E-state index contributed by atoms with van der Waals surface area (Å²) in [6, 6.07) is 5.39. The van der Waals surface area contributed by atoms with E-state index in [4.69, 9.17) is 0 Å². The lowest BCUT2D eigenvalue weighted by Gasteiger charge is -1.96. The molecule has 0 saturated carbocycles. The van der Waals surface area contributed by atoms with Crippen LogP contribution in [0.15, 0.2) is 24.4 Å². The largest absolute Gasteiger partial charge is 0.300 e. The summed E-state index contributed by atoms with van der Waals surface area (Å²) in [6.45, 7) is 1.41. The summed E-state index contributed by atoms with van der Waals surface area (Å²) in [7, 11) is 0. The van der Waals surface area contributed by atoms with Gasteiger partial charge in [0, 0.05) is 18.3 Å². The Labute approximate surface area is 76.8 Å². The molecule has 0 radical (unpaired) electrons. The number of carbonyl (C=O) groups excluding carboxylic acids is 2. The van der Waals surface area contributed by atoms with E-state index < -0.39 is 0 Å². The molecule has 3 heteroatoms. The van der Waals surface area contributed by atoms with Gasteiger partial charge >= 0.3 is 0 Å². The van der Waals surface area contributed by atoms with Gasteiger partial charge in [0.15, 0.2) is 0 Å². The van der Waals surface area contributed by atoms with E-state index in [9.17, 15) is 9.59 Å². The van der Waals surface area contributed by atoms with Crippen molar-refractivity contribution in [2.24, 2.45) is 0 Å². The van der Waals surface area contributed by atoms with Crippen molar-refractivity contribution in [2.75, 3.05) is 0 Å². The van der Waals surface area contributed by atoms with Crippen molar-refractivity contribution in [1.82, 2.24) is 4.98 Å². The number of nitrogens with zero attached hydrogens (tertiary/aromatic N) is 1. The second-order valence-electron chi connectivity index (χ2n) is 2.92. The lowest BCUT2D eigenvalue weighted by molar-refractivity contribution is -0.125. The zero-order valence-electron chi connectivity index (χ0n) is 7.49. The maximum atomic E-state index is 11.2. The number of rotatable bonds is 4. The quantitative estimate of drug-likeness (QED) is 0.648. The first-order chi connectivity index (χ1) is 6.18. The third kappa shape index (κ3) is 3.60. The number of pyridine rings is 1. The van der Waals surface area contributed by atoms with Crippen LogP contribution >= 0.6 is 0 Å². The van der Waals surface area contributed by atoms with E-state index in [1.165, 1.54) is 6.92 Å². The molecule has 0 amide bonds. The minimum atomic E-state index is -0.0964. The first-order valence-corrected chi connectivity index (χ1v) is 4.09. The van der Waals surface area contributed by atoms with Gasteiger partial charge in [0.2, 0.25) is 0 Å². The molecule has 1 aromatic heterocycles. The molecule has 0 aliphatic carbocycles. The van der Waals surface area contributed by atoms with Gasteiger partial charge in [-0.05, 0) is 19.1 Å². The Kier molecular flexibility index (Phi) is 3.31. The highest BCUT2D eigenvalue weighted by atomic mass is 16.1. The summed E-state index contributed by atoms with van der Waals surface area (Å²) < 4.78 is 0. The lowest BCUT2D eigenvalue weighted by atomic mass is 10.1. The van der Waals surface area contributed by atoms with Gasteiger partial charge in [0.05, 0.1) is 6.42 Å². The van der Waals surface area contributed by atoms with Crippen LogP contribution in [0.4, 0.5) is 0 Å².